The van der Waals surface area contributed by atoms with Crippen molar-refractivity contribution in [2.75, 3.05) is 6.54 Å². The maximum Gasteiger partial charge on any atom is 0.223 e. The molecular weight excluding hydrogens is 212 g/mol. The Kier molecular flexibility index (Phi) is 5.16. The van der Waals surface area contributed by atoms with Crippen LogP contribution in [0.15, 0.2) is 30.3 Å². The van der Waals surface area contributed by atoms with Gasteiger partial charge in [-0.3, -0.25) is 4.79 Å². The van der Waals surface area contributed by atoms with E-state index in [0.29, 0.717) is 12.5 Å². The van der Waals surface area contributed by atoms with E-state index in [9.17, 15) is 4.79 Å². The molecule has 1 rings (SSSR count). The lowest BCUT2D eigenvalue weighted by molar-refractivity contribution is -0.125. The highest BCUT2D eigenvalue weighted by Crippen LogP contribution is 2.11. The van der Waals surface area contributed by atoms with E-state index in [1.54, 1.807) is 0 Å². The van der Waals surface area contributed by atoms with E-state index in [1.807, 2.05) is 51.1 Å². The van der Waals surface area contributed by atoms with Crippen LogP contribution >= 0.6 is 0 Å². The van der Waals surface area contributed by atoms with E-state index in [2.05, 4.69) is 5.32 Å². The first-order valence-electron chi connectivity index (χ1n) is 6.10. The van der Waals surface area contributed by atoms with Crippen molar-refractivity contribution in [3.05, 3.63) is 35.9 Å². The third-order valence-corrected chi connectivity index (χ3v) is 3.14. The lowest BCUT2D eigenvalue weighted by atomic mass is 9.97. The molecule has 17 heavy (non-hydrogen) atoms. The van der Waals surface area contributed by atoms with Gasteiger partial charge in [0.1, 0.15) is 0 Å². The summed E-state index contributed by atoms with van der Waals surface area (Å²) in [4.78, 5) is 11.8. The van der Waals surface area contributed by atoms with E-state index in [-0.39, 0.29) is 17.9 Å². The molecule has 0 aliphatic heterocycles. The van der Waals surface area contributed by atoms with Gasteiger partial charge in [-0.1, -0.05) is 51.1 Å². The Hall–Kier alpha value is -1.35. The molecule has 3 heteroatoms. The van der Waals surface area contributed by atoms with E-state index >= 15 is 0 Å². The van der Waals surface area contributed by atoms with Gasteiger partial charge in [-0.05, 0) is 11.5 Å². The molecule has 0 saturated heterocycles. The standard InChI is InChI=1S/C14H22N2O/c1-10(2)11(3)14(17)16-9-13(15)12-7-5-4-6-8-12/h4-8,10-11,13H,9,15H2,1-3H3,(H,16,17). The van der Waals surface area contributed by atoms with Crippen LogP contribution in [0.4, 0.5) is 0 Å². The Morgan fingerprint density at radius 1 is 1.24 bits per heavy atom. The summed E-state index contributed by atoms with van der Waals surface area (Å²) in [6.07, 6.45) is 0. The Bertz CT molecular complexity index is 348. The predicted molar refractivity (Wildman–Crippen MR) is 70.4 cm³/mol. The summed E-state index contributed by atoms with van der Waals surface area (Å²) in [5, 5.41) is 2.90. The van der Waals surface area contributed by atoms with Crippen molar-refractivity contribution in [1.29, 1.82) is 0 Å². The SMILES string of the molecule is CC(C)C(C)C(=O)NCC(N)c1ccccc1. The zero-order chi connectivity index (χ0) is 12.8. The highest BCUT2D eigenvalue weighted by atomic mass is 16.1. The topological polar surface area (TPSA) is 55.1 Å². The van der Waals surface area contributed by atoms with Crippen LogP contribution in [0.25, 0.3) is 0 Å². The van der Waals surface area contributed by atoms with Gasteiger partial charge in [0.25, 0.3) is 0 Å². The van der Waals surface area contributed by atoms with Crippen molar-refractivity contribution in [2.24, 2.45) is 17.6 Å². The lowest BCUT2D eigenvalue weighted by Crippen LogP contribution is -2.36. The molecule has 1 aromatic carbocycles. The summed E-state index contributed by atoms with van der Waals surface area (Å²) in [5.41, 5.74) is 7.05. The van der Waals surface area contributed by atoms with Gasteiger partial charge in [0.05, 0.1) is 0 Å². The Balaban J connectivity index is 2.44. The minimum atomic E-state index is -0.139. The summed E-state index contributed by atoms with van der Waals surface area (Å²) in [7, 11) is 0. The van der Waals surface area contributed by atoms with Gasteiger partial charge in [0, 0.05) is 18.5 Å². The molecule has 3 nitrogen and oxygen atoms in total. The number of nitrogens with two attached hydrogens (primary N) is 1. The van der Waals surface area contributed by atoms with Crippen molar-refractivity contribution in [1.82, 2.24) is 5.32 Å². The Morgan fingerprint density at radius 2 is 1.82 bits per heavy atom. The van der Waals surface area contributed by atoms with E-state index in [4.69, 9.17) is 5.73 Å². The fourth-order valence-electron chi connectivity index (χ4n) is 1.49. The molecule has 94 valence electrons. The van der Waals surface area contributed by atoms with Crippen LogP contribution in [0.5, 0.6) is 0 Å². The molecule has 0 aliphatic carbocycles. The molecule has 0 radical (unpaired) electrons. The summed E-state index contributed by atoms with van der Waals surface area (Å²) in [6.45, 7) is 6.51. The molecule has 0 fully saturated rings. The molecule has 0 bridgehead atoms. The number of hydrogen-bond acceptors (Lipinski definition) is 2. The number of amides is 1. The second-order valence-corrected chi connectivity index (χ2v) is 4.80. The van der Waals surface area contributed by atoms with Gasteiger partial charge in [0.2, 0.25) is 5.91 Å². The second-order valence-electron chi connectivity index (χ2n) is 4.80. The Labute approximate surface area is 103 Å². The average molecular weight is 234 g/mol. The molecule has 0 heterocycles. The fraction of sp³-hybridized carbons (Fsp3) is 0.500. The van der Waals surface area contributed by atoms with Gasteiger partial charge in [-0.15, -0.1) is 0 Å². The van der Waals surface area contributed by atoms with E-state index in [0.717, 1.165) is 5.56 Å². The fourth-order valence-corrected chi connectivity index (χ4v) is 1.49. The Morgan fingerprint density at radius 3 is 2.35 bits per heavy atom. The molecule has 0 spiro atoms. The summed E-state index contributed by atoms with van der Waals surface area (Å²) in [6, 6.07) is 9.67. The zero-order valence-electron chi connectivity index (χ0n) is 10.8. The average Bonchev–Trinajstić information content (AvgIpc) is 2.35. The maximum absolute atomic E-state index is 11.8. The molecule has 2 atom stereocenters. The van der Waals surface area contributed by atoms with Crippen LogP contribution in [-0.2, 0) is 4.79 Å². The summed E-state index contributed by atoms with van der Waals surface area (Å²) < 4.78 is 0. The number of carbonyl (C=O) groups excluding carboxylic acids is 1. The van der Waals surface area contributed by atoms with Gasteiger partial charge in [-0.25, -0.2) is 0 Å². The predicted octanol–water partition coefficient (Wildman–Crippen LogP) is 2.09. The van der Waals surface area contributed by atoms with Gasteiger partial charge in [-0.2, -0.15) is 0 Å². The van der Waals surface area contributed by atoms with Gasteiger partial charge in [0.15, 0.2) is 0 Å². The van der Waals surface area contributed by atoms with Crippen molar-refractivity contribution < 1.29 is 4.79 Å². The number of carbonyl (C=O) groups is 1. The molecule has 0 aromatic heterocycles. The third-order valence-electron chi connectivity index (χ3n) is 3.14. The maximum atomic E-state index is 11.8. The summed E-state index contributed by atoms with van der Waals surface area (Å²) in [5.74, 6) is 0.451. The number of hydrogen-bond donors (Lipinski definition) is 2. The number of rotatable bonds is 5. The monoisotopic (exact) mass is 234 g/mol. The normalized spacial score (nSPS) is 14.4. The van der Waals surface area contributed by atoms with Crippen molar-refractivity contribution >= 4 is 5.91 Å². The van der Waals surface area contributed by atoms with E-state index < -0.39 is 0 Å². The highest BCUT2D eigenvalue weighted by Gasteiger charge is 2.17. The lowest BCUT2D eigenvalue weighted by Gasteiger charge is -2.18. The van der Waals surface area contributed by atoms with Gasteiger partial charge >= 0.3 is 0 Å². The van der Waals surface area contributed by atoms with Crippen LogP contribution < -0.4 is 11.1 Å². The smallest absolute Gasteiger partial charge is 0.223 e. The summed E-state index contributed by atoms with van der Waals surface area (Å²) >= 11 is 0. The number of benzene rings is 1. The highest BCUT2D eigenvalue weighted by molar-refractivity contribution is 5.78. The first-order chi connectivity index (χ1) is 8.02. The van der Waals surface area contributed by atoms with E-state index in [1.165, 1.54) is 0 Å². The van der Waals surface area contributed by atoms with Crippen molar-refractivity contribution in [3.63, 3.8) is 0 Å². The molecule has 1 aromatic rings. The minimum absolute atomic E-state index is 0.0259. The third kappa shape index (κ3) is 4.19. The molecular formula is C14H22N2O. The molecule has 3 N–H and O–H groups in total. The second kappa shape index (κ2) is 6.40. The van der Waals surface area contributed by atoms with Crippen LogP contribution in [-0.4, -0.2) is 12.5 Å². The molecule has 1 amide bonds. The van der Waals surface area contributed by atoms with Crippen LogP contribution in [0, 0.1) is 11.8 Å². The first kappa shape index (κ1) is 13.7. The van der Waals surface area contributed by atoms with Crippen LogP contribution in [0.2, 0.25) is 0 Å². The van der Waals surface area contributed by atoms with Crippen molar-refractivity contribution in [3.8, 4) is 0 Å². The minimum Gasteiger partial charge on any atom is -0.354 e. The first-order valence-corrected chi connectivity index (χ1v) is 6.10. The van der Waals surface area contributed by atoms with Gasteiger partial charge < -0.3 is 11.1 Å². The molecule has 2 unspecified atom stereocenters. The quantitative estimate of drug-likeness (QED) is 0.819. The van der Waals surface area contributed by atoms with Crippen LogP contribution in [0.3, 0.4) is 0 Å². The van der Waals surface area contributed by atoms with Crippen molar-refractivity contribution in [2.45, 2.75) is 26.8 Å². The molecule has 0 saturated carbocycles. The largest absolute Gasteiger partial charge is 0.354 e. The molecule has 0 aliphatic rings. The zero-order valence-corrected chi connectivity index (χ0v) is 10.8. The number of nitrogens with one attached hydrogen (secondary N) is 1. The van der Waals surface area contributed by atoms with Crippen LogP contribution in [0.1, 0.15) is 32.4 Å².